The number of hydrogen-bond donors (Lipinski definition) is 0. The molecule has 0 saturated carbocycles. The molecule has 0 amide bonds. The molecule has 0 fully saturated rings. The lowest BCUT2D eigenvalue weighted by atomic mass is 10.1. The van der Waals surface area contributed by atoms with Gasteiger partial charge in [0.1, 0.15) is 5.75 Å². The average Bonchev–Trinajstić information content (AvgIpc) is 2.31. The Labute approximate surface area is 121 Å². The average molecular weight is 352 g/mol. The fourth-order valence-corrected chi connectivity index (χ4v) is 2.00. The van der Waals surface area contributed by atoms with Gasteiger partial charge < -0.3 is 9.47 Å². The van der Waals surface area contributed by atoms with Crippen molar-refractivity contribution >= 4 is 21.9 Å². The summed E-state index contributed by atoms with van der Waals surface area (Å²) in [6, 6.07) is 3.93. The highest BCUT2D eigenvalue weighted by molar-refractivity contribution is 9.10. The summed E-state index contributed by atoms with van der Waals surface area (Å²) in [5, 5.41) is 8.74. The summed E-state index contributed by atoms with van der Waals surface area (Å²) in [5.74, 6) is -1.29. The van der Waals surface area contributed by atoms with Gasteiger partial charge in [0.25, 0.3) is 0 Å². The second-order valence-corrected chi connectivity index (χ2v) is 4.43. The van der Waals surface area contributed by atoms with Crippen LogP contribution in [0.3, 0.4) is 0 Å². The van der Waals surface area contributed by atoms with E-state index in [9.17, 15) is 18.0 Å². The number of hydrogen-bond acceptors (Lipinski definition) is 4. The quantitative estimate of drug-likeness (QED) is 0.780. The molecule has 8 heteroatoms. The minimum atomic E-state index is -4.92. The number of esters is 1. The summed E-state index contributed by atoms with van der Waals surface area (Å²) >= 11 is 3.02. The molecule has 0 bridgehead atoms. The fraction of sp³-hybridized carbons (Fsp3) is 0.333. The molecule has 0 N–H and O–H groups in total. The molecule has 4 nitrogen and oxygen atoms in total. The van der Waals surface area contributed by atoms with Crippen molar-refractivity contribution in [2.75, 3.05) is 6.61 Å². The predicted octanol–water partition coefficient (Wildman–Crippen LogP) is 3.32. The summed E-state index contributed by atoms with van der Waals surface area (Å²) in [4.78, 5) is 11.4. The lowest BCUT2D eigenvalue weighted by Gasteiger charge is -2.14. The van der Waals surface area contributed by atoms with E-state index in [1.165, 1.54) is 6.07 Å². The highest BCUT2D eigenvalue weighted by Crippen LogP contribution is 2.33. The second kappa shape index (κ2) is 6.61. The largest absolute Gasteiger partial charge is 0.573 e. The number of carbonyl (C=O) groups is 1. The molecule has 20 heavy (non-hydrogen) atoms. The fourth-order valence-electron chi connectivity index (χ4n) is 1.42. The molecule has 0 aliphatic heterocycles. The van der Waals surface area contributed by atoms with Crippen LogP contribution in [0.1, 0.15) is 18.1 Å². The molecule has 108 valence electrons. The van der Waals surface area contributed by atoms with E-state index in [1.54, 1.807) is 13.0 Å². The van der Waals surface area contributed by atoms with Crippen LogP contribution in [0.15, 0.2) is 16.6 Å². The summed E-state index contributed by atoms with van der Waals surface area (Å²) in [7, 11) is 0. The number of alkyl halides is 3. The highest BCUT2D eigenvalue weighted by Gasteiger charge is 2.33. The first-order valence-electron chi connectivity index (χ1n) is 5.40. The maximum absolute atomic E-state index is 12.3. The van der Waals surface area contributed by atoms with Gasteiger partial charge in [-0.25, -0.2) is 0 Å². The first-order valence-corrected chi connectivity index (χ1v) is 6.20. The van der Waals surface area contributed by atoms with Crippen molar-refractivity contribution in [2.24, 2.45) is 0 Å². The van der Waals surface area contributed by atoms with Crippen LogP contribution in [-0.4, -0.2) is 18.9 Å². The lowest BCUT2D eigenvalue weighted by Crippen LogP contribution is -2.19. The van der Waals surface area contributed by atoms with Crippen LogP contribution < -0.4 is 4.74 Å². The molecule has 0 unspecified atom stereocenters. The molecular formula is C12H9BrF3NO3. The zero-order valence-corrected chi connectivity index (χ0v) is 11.8. The van der Waals surface area contributed by atoms with Gasteiger partial charge in [-0.1, -0.05) is 15.9 Å². The van der Waals surface area contributed by atoms with Crippen LogP contribution in [0, 0.1) is 11.3 Å². The molecule has 0 saturated heterocycles. The summed E-state index contributed by atoms with van der Waals surface area (Å²) in [6.45, 7) is 1.70. The molecule has 1 aromatic rings. The number of rotatable bonds is 4. The first kappa shape index (κ1) is 16.3. The normalized spacial score (nSPS) is 10.8. The maximum atomic E-state index is 12.3. The Morgan fingerprint density at radius 1 is 1.45 bits per heavy atom. The molecule has 0 aliphatic carbocycles. The zero-order chi connectivity index (χ0) is 15.3. The Kier molecular flexibility index (Phi) is 5.39. The molecule has 1 rings (SSSR count). The number of nitrogens with zero attached hydrogens (tertiary/aromatic N) is 1. The van der Waals surface area contributed by atoms with Gasteiger partial charge >= 0.3 is 12.3 Å². The summed E-state index contributed by atoms with van der Waals surface area (Å²) < 4.78 is 45.7. The Morgan fingerprint density at radius 2 is 2.10 bits per heavy atom. The van der Waals surface area contributed by atoms with Gasteiger partial charge in [0.15, 0.2) is 0 Å². The van der Waals surface area contributed by atoms with E-state index in [4.69, 9.17) is 5.26 Å². The molecule has 0 spiro atoms. The zero-order valence-electron chi connectivity index (χ0n) is 10.3. The van der Waals surface area contributed by atoms with Crippen LogP contribution in [-0.2, 0) is 16.0 Å². The monoisotopic (exact) mass is 351 g/mol. The van der Waals surface area contributed by atoms with Crippen molar-refractivity contribution in [1.82, 2.24) is 0 Å². The molecule has 1 aromatic carbocycles. The van der Waals surface area contributed by atoms with Crippen LogP contribution in [0.25, 0.3) is 0 Å². The molecule has 0 atom stereocenters. The Morgan fingerprint density at radius 3 is 2.60 bits per heavy atom. The topological polar surface area (TPSA) is 59.3 Å². The van der Waals surface area contributed by atoms with Crippen molar-refractivity contribution in [3.8, 4) is 11.8 Å². The third kappa shape index (κ3) is 4.74. The van der Waals surface area contributed by atoms with Gasteiger partial charge in [0.05, 0.1) is 24.7 Å². The third-order valence-electron chi connectivity index (χ3n) is 2.14. The molecule has 0 heterocycles. The van der Waals surface area contributed by atoms with Crippen LogP contribution in [0.2, 0.25) is 0 Å². The van der Waals surface area contributed by atoms with Gasteiger partial charge in [-0.2, -0.15) is 5.26 Å². The van der Waals surface area contributed by atoms with E-state index in [0.717, 1.165) is 6.07 Å². The number of ether oxygens (including phenoxy) is 2. The number of carbonyl (C=O) groups excluding carboxylic acids is 1. The molecule has 0 radical (unpaired) electrons. The van der Waals surface area contributed by atoms with Crippen molar-refractivity contribution in [2.45, 2.75) is 19.7 Å². The standard InChI is InChI=1S/C12H9BrF3NO3/c1-2-19-11(18)5-8-9(13)3-7(6-17)4-10(8)20-12(14,15)16/h3-4H,2,5H2,1H3. The number of halogens is 4. The van der Waals surface area contributed by atoms with Crippen molar-refractivity contribution in [3.63, 3.8) is 0 Å². The summed E-state index contributed by atoms with van der Waals surface area (Å²) in [6.07, 6.45) is -5.32. The molecular weight excluding hydrogens is 343 g/mol. The molecule has 0 aliphatic rings. The van der Waals surface area contributed by atoms with Crippen molar-refractivity contribution in [1.29, 1.82) is 5.26 Å². The third-order valence-corrected chi connectivity index (χ3v) is 2.84. The van der Waals surface area contributed by atoms with Gasteiger partial charge in [-0.15, -0.1) is 13.2 Å². The summed E-state index contributed by atoms with van der Waals surface area (Å²) in [5.41, 5.74) is -0.0523. The predicted molar refractivity (Wildman–Crippen MR) is 65.9 cm³/mol. The minimum Gasteiger partial charge on any atom is -0.466 e. The van der Waals surface area contributed by atoms with Crippen LogP contribution in [0.5, 0.6) is 5.75 Å². The van der Waals surface area contributed by atoms with Crippen molar-refractivity contribution < 1.29 is 27.4 Å². The van der Waals surface area contributed by atoms with Gasteiger partial charge in [0.2, 0.25) is 0 Å². The molecule has 0 aromatic heterocycles. The Bertz CT molecular complexity index is 552. The Balaban J connectivity index is 3.19. The SMILES string of the molecule is CCOC(=O)Cc1c(Br)cc(C#N)cc1OC(F)(F)F. The van der Waals surface area contributed by atoms with E-state index in [0.29, 0.717) is 0 Å². The van der Waals surface area contributed by atoms with Gasteiger partial charge in [0, 0.05) is 10.0 Å². The van der Waals surface area contributed by atoms with E-state index in [1.807, 2.05) is 0 Å². The smallest absolute Gasteiger partial charge is 0.466 e. The number of benzene rings is 1. The van der Waals surface area contributed by atoms with E-state index < -0.39 is 24.5 Å². The van der Waals surface area contributed by atoms with Gasteiger partial charge in [-0.3, -0.25) is 4.79 Å². The van der Waals surface area contributed by atoms with E-state index >= 15 is 0 Å². The lowest BCUT2D eigenvalue weighted by molar-refractivity contribution is -0.275. The van der Waals surface area contributed by atoms with E-state index in [2.05, 4.69) is 25.4 Å². The van der Waals surface area contributed by atoms with E-state index in [-0.39, 0.29) is 22.2 Å². The highest BCUT2D eigenvalue weighted by atomic mass is 79.9. The first-order chi connectivity index (χ1) is 9.26. The van der Waals surface area contributed by atoms with Crippen molar-refractivity contribution in [3.05, 3.63) is 27.7 Å². The Hall–Kier alpha value is -1.75. The minimum absolute atomic E-state index is 0.0243. The van der Waals surface area contributed by atoms with Gasteiger partial charge in [-0.05, 0) is 19.1 Å². The van der Waals surface area contributed by atoms with Crippen LogP contribution >= 0.6 is 15.9 Å². The number of nitriles is 1. The maximum Gasteiger partial charge on any atom is 0.573 e. The second-order valence-electron chi connectivity index (χ2n) is 3.58. The van der Waals surface area contributed by atoms with Crippen LogP contribution in [0.4, 0.5) is 13.2 Å².